The van der Waals surface area contributed by atoms with E-state index in [0.717, 1.165) is 17.5 Å². The highest BCUT2D eigenvalue weighted by Crippen LogP contribution is 2.22. The van der Waals surface area contributed by atoms with E-state index in [0.29, 0.717) is 56.3 Å². The predicted molar refractivity (Wildman–Crippen MR) is 163 cm³/mol. The first-order valence-corrected chi connectivity index (χ1v) is 16.6. The van der Waals surface area contributed by atoms with Gasteiger partial charge in [-0.2, -0.15) is 0 Å². The van der Waals surface area contributed by atoms with Gasteiger partial charge in [0.15, 0.2) is 0 Å². The standard InChI is InChI=1S/C30H40ClN5O6S/c31-25-10-9-23(19-32)24(18-25)20-33-29(38)27-8-4-5-13-36(27)30(39)26(11-12-28(37)35-14-16-42-17-15-35)34-43(40,41)21-22-6-2-1-3-7-22/h1-3,6-7,9-10,18,26-27,34H,4-5,8,11-17,19-21,32H2,(H,33,38)/t26-,27+/m1/s1. The second kappa shape index (κ2) is 15.6. The zero-order valence-electron chi connectivity index (χ0n) is 24.2. The number of nitrogens with one attached hydrogen (secondary N) is 2. The fraction of sp³-hybridized carbons (Fsp3) is 0.500. The summed E-state index contributed by atoms with van der Waals surface area (Å²) in [6.45, 7) is 2.54. The number of halogens is 1. The summed E-state index contributed by atoms with van der Waals surface area (Å²) in [5.41, 5.74) is 8.04. The third-order valence-corrected chi connectivity index (χ3v) is 9.35. The molecule has 13 heteroatoms. The van der Waals surface area contributed by atoms with Crippen LogP contribution in [0.1, 0.15) is 48.8 Å². The molecule has 0 unspecified atom stereocenters. The number of morpholine rings is 1. The van der Waals surface area contributed by atoms with Crippen molar-refractivity contribution < 1.29 is 27.5 Å². The van der Waals surface area contributed by atoms with Gasteiger partial charge in [0, 0.05) is 44.2 Å². The van der Waals surface area contributed by atoms with Gasteiger partial charge in [0.1, 0.15) is 12.1 Å². The summed E-state index contributed by atoms with van der Waals surface area (Å²) in [5, 5.41) is 3.43. The Labute approximate surface area is 258 Å². The number of piperidine rings is 1. The molecule has 2 aromatic rings. The molecule has 4 rings (SSSR count). The maximum atomic E-state index is 14.0. The van der Waals surface area contributed by atoms with Crippen LogP contribution in [0.2, 0.25) is 5.02 Å². The van der Waals surface area contributed by atoms with Gasteiger partial charge >= 0.3 is 0 Å². The maximum absolute atomic E-state index is 14.0. The van der Waals surface area contributed by atoms with E-state index in [9.17, 15) is 22.8 Å². The minimum absolute atomic E-state index is 0.0222. The Bertz CT molecular complexity index is 1370. The molecule has 234 valence electrons. The van der Waals surface area contributed by atoms with Crippen molar-refractivity contribution in [2.45, 2.75) is 63.0 Å². The Morgan fingerprint density at radius 1 is 1.02 bits per heavy atom. The highest BCUT2D eigenvalue weighted by Gasteiger charge is 2.37. The second-order valence-corrected chi connectivity index (χ2v) is 13.0. The molecule has 11 nitrogen and oxygen atoms in total. The van der Waals surface area contributed by atoms with Crippen LogP contribution in [0.3, 0.4) is 0 Å². The quantitative estimate of drug-likeness (QED) is 0.323. The van der Waals surface area contributed by atoms with Gasteiger partial charge in [0.05, 0.1) is 19.0 Å². The molecule has 0 radical (unpaired) electrons. The normalized spacial score (nSPS) is 18.2. The zero-order chi connectivity index (χ0) is 30.8. The smallest absolute Gasteiger partial charge is 0.243 e. The number of nitrogens with two attached hydrogens (primary N) is 1. The van der Waals surface area contributed by atoms with E-state index in [1.54, 1.807) is 47.4 Å². The van der Waals surface area contributed by atoms with E-state index < -0.39 is 28.0 Å². The van der Waals surface area contributed by atoms with E-state index in [1.165, 1.54) is 4.90 Å². The summed E-state index contributed by atoms with van der Waals surface area (Å²) < 4.78 is 34.3. The van der Waals surface area contributed by atoms with Crippen molar-refractivity contribution in [1.29, 1.82) is 0 Å². The first-order valence-electron chi connectivity index (χ1n) is 14.6. The van der Waals surface area contributed by atoms with E-state index in [1.807, 2.05) is 6.07 Å². The predicted octanol–water partition coefficient (Wildman–Crippen LogP) is 1.92. The maximum Gasteiger partial charge on any atom is 0.243 e. The first kappa shape index (κ1) is 32.9. The Kier molecular flexibility index (Phi) is 11.9. The van der Waals surface area contributed by atoms with E-state index >= 15 is 0 Å². The number of hydrogen-bond acceptors (Lipinski definition) is 7. The van der Waals surface area contributed by atoms with Gasteiger partial charge in [-0.15, -0.1) is 0 Å². The Balaban J connectivity index is 1.49. The van der Waals surface area contributed by atoms with Crippen LogP contribution < -0.4 is 15.8 Å². The average molecular weight is 634 g/mol. The first-order chi connectivity index (χ1) is 20.7. The van der Waals surface area contributed by atoms with Gasteiger partial charge < -0.3 is 25.6 Å². The Hall–Kier alpha value is -3.03. The molecule has 2 atom stereocenters. The summed E-state index contributed by atoms with van der Waals surface area (Å²) in [4.78, 5) is 43.4. The van der Waals surface area contributed by atoms with Crippen LogP contribution in [0.5, 0.6) is 0 Å². The lowest BCUT2D eigenvalue weighted by atomic mass is 9.99. The number of sulfonamides is 1. The number of benzene rings is 2. The summed E-state index contributed by atoms with van der Waals surface area (Å²) in [6, 6.07) is 12.0. The molecule has 0 aromatic heterocycles. The molecular weight excluding hydrogens is 594 g/mol. The third kappa shape index (κ3) is 9.48. The SMILES string of the molecule is NCc1ccc(Cl)cc1CNC(=O)[C@@H]1CCCCN1C(=O)[C@@H](CCC(=O)N1CCOCC1)NS(=O)(=O)Cc1ccccc1. The topological polar surface area (TPSA) is 151 Å². The van der Waals surface area contributed by atoms with Crippen LogP contribution >= 0.6 is 11.6 Å². The molecule has 2 aromatic carbocycles. The van der Waals surface area contributed by atoms with E-state index in [2.05, 4.69) is 10.0 Å². The van der Waals surface area contributed by atoms with E-state index in [-0.39, 0.29) is 43.5 Å². The number of likely N-dealkylation sites (tertiary alicyclic amines) is 1. The van der Waals surface area contributed by atoms with Crippen molar-refractivity contribution in [2.75, 3.05) is 32.8 Å². The molecule has 0 spiro atoms. The summed E-state index contributed by atoms with van der Waals surface area (Å²) in [7, 11) is -3.95. The molecule has 0 aliphatic carbocycles. The lowest BCUT2D eigenvalue weighted by Gasteiger charge is -2.37. The highest BCUT2D eigenvalue weighted by atomic mass is 35.5. The summed E-state index contributed by atoms with van der Waals surface area (Å²) >= 11 is 6.15. The summed E-state index contributed by atoms with van der Waals surface area (Å²) in [6.07, 6.45) is 1.80. The van der Waals surface area contributed by atoms with Crippen molar-refractivity contribution in [3.05, 3.63) is 70.2 Å². The fourth-order valence-corrected chi connectivity index (χ4v) is 7.01. The number of rotatable bonds is 12. The molecule has 0 bridgehead atoms. The van der Waals surface area contributed by atoms with Gasteiger partial charge in [-0.05, 0) is 54.5 Å². The second-order valence-electron chi connectivity index (χ2n) is 10.8. The number of hydrogen-bond donors (Lipinski definition) is 3. The molecule has 2 aliphatic heterocycles. The monoisotopic (exact) mass is 633 g/mol. The molecule has 2 fully saturated rings. The molecule has 0 saturated carbocycles. The molecule has 2 heterocycles. The Morgan fingerprint density at radius 3 is 2.49 bits per heavy atom. The van der Waals surface area contributed by atoms with Gasteiger partial charge in [0.25, 0.3) is 0 Å². The van der Waals surface area contributed by atoms with Gasteiger partial charge in [-0.3, -0.25) is 14.4 Å². The molecule has 2 saturated heterocycles. The number of ether oxygens (including phenoxy) is 1. The van der Waals surface area contributed by atoms with Crippen LogP contribution in [-0.4, -0.2) is 80.9 Å². The van der Waals surface area contributed by atoms with Gasteiger partial charge in [-0.1, -0.05) is 48.0 Å². The lowest BCUT2D eigenvalue weighted by Crippen LogP contribution is -2.57. The molecular formula is C30H40ClN5O6S. The molecule has 3 amide bonds. The number of nitrogens with zero attached hydrogens (tertiary/aromatic N) is 2. The lowest BCUT2D eigenvalue weighted by molar-refractivity contribution is -0.144. The van der Waals surface area contributed by atoms with Crippen LogP contribution in [0, 0.1) is 0 Å². The highest BCUT2D eigenvalue weighted by molar-refractivity contribution is 7.88. The average Bonchev–Trinajstić information content (AvgIpc) is 3.02. The van der Waals surface area contributed by atoms with Crippen molar-refractivity contribution in [1.82, 2.24) is 19.8 Å². The number of carbonyl (C=O) groups is 3. The van der Waals surface area contributed by atoms with Crippen LogP contribution in [-0.2, 0) is 48.0 Å². The molecule has 43 heavy (non-hydrogen) atoms. The van der Waals surface area contributed by atoms with Crippen molar-refractivity contribution in [3.8, 4) is 0 Å². The number of amides is 3. The van der Waals surface area contributed by atoms with Crippen LogP contribution in [0.4, 0.5) is 0 Å². The summed E-state index contributed by atoms with van der Waals surface area (Å²) in [5.74, 6) is -1.35. The molecule has 4 N–H and O–H groups in total. The number of carbonyl (C=O) groups excluding carboxylic acids is 3. The van der Waals surface area contributed by atoms with Crippen molar-refractivity contribution >= 4 is 39.3 Å². The van der Waals surface area contributed by atoms with Crippen LogP contribution in [0.15, 0.2) is 48.5 Å². The Morgan fingerprint density at radius 2 is 1.77 bits per heavy atom. The largest absolute Gasteiger partial charge is 0.378 e. The van der Waals surface area contributed by atoms with E-state index in [4.69, 9.17) is 22.1 Å². The fourth-order valence-electron chi connectivity index (χ4n) is 5.45. The van der Waals surface area contributed by atoms with Crippen molar-refractivity contribution in [3.63, 3.8) is 0 Å². The third-order valence-electron chi connectivity index (χ3n) is 7.76. The van der Waals surface area contributed by atoms with Gasteiger partial charge in [0.2, 0.25) is 27.7 Å². The zero-order valence-corrected chi connectivity index (χ0v) is 25.7. The van der Waals surface area contributed by atoms with Crippen molar-refractivity contribution in [2.24, 2.45) is 5.73 Å². The van der Waals surface area contributed by atoms with Crippen LogP contribution in [0.25, 0.3) is 0 Å². The molecule has 2 aliphatic rings. The minimum Gasteiger partial charge on any atom is -0.378 e. The minimum atomic E-state index is -3.95. The van der Waals surface area contributed by atoms with Gasteiger partial charge in [-0.25, -0.2) is 13.1 Å².